The summed E-state index contributed by atoms with van der Waals surface area (Å²) in [4.78, 5) is 0. The minimum atomic E-state index is 0.345. The van der Waals surface area contributed by atoms with Crippen LogP contribution in [0.3, 0.4) is 0 Å². The number of nitrogens with zero attached hydrogens (tertiary/aromatic N) is 2. The van der Waals surface area contributed by atoms with Crippen LogP contribution in [0.1, 0.15) is 44.8 Å². The Balaban J connectivity index is 1.90. The fourth-order valence-electron chi connectivity index (χ4n) is 3.63. The van der Waals surface area contributed by atoms with Gasteiger partial charge < -0.3 is 10.1 Å². The molecule has 0 radical (unpaired) electrons. The number of nitrogens with one attached hydrogen (secondary N) is 1. The highest BCUT2D eigenvalue weighted by Crippen LogP contribution is 2.45. The third-order valence-corrected chi connectivity index (χ3v) is 5.04. The molecule has 0 spiro atoms. The van der Waals surface area contributed by atoms with Crippen LogP contribution in [0.5, 0.6) is 0 Å². The van der Waals surface area contributed by atoms with Crippen LogP contribution in [0, 0.1) is 5.92 Å². The van der Waals surface area contributed by atoms with Gasteiger partial charge in [0.15, 0.2) is 0 Å². The van der Waals surface area contributed by atoms with E-state index in [1.807, 2.05) is 6.20 Å². The molecule has 3 heterocycles. The summed E-state index contributed by atoms with van der Waals surface area (Å²) in [6, 6.07) is 0.345. The largest absolute Gasteiger partial charge is 0.375 e. The summed E-state index contributed by atoms with van der Waals surface area (Å²) in [5.74, 6) is 0.581. The molecule has 1 N–H and O–H groups in total. The van der Waals surface area contributed by atoms with Crippen LogP contribution in [0.25, 0.3) is 0 Å². The molecule has 0 aliphatic carbocycles. The summed E-state index contributed by atoms with van der Waals surface area (Å²) in [6.45, 7) is 6.19. The zero-order valence-electron chi connectivity index (χ0n) is 11.6. The van der Waals surface area contributed by atoms with Gasteiger partial charge in [0.2, 0.25) is 0 Å². The number of hydrogen-bond acceptors (Lipinski definition) is 3. The van der Waals surface area contributed by atoms with E-state index in [4.69, 9.17) is 4.74 Å². The average Bonchev–Trinajstić information content (AvgIpc) is 3.11. The first kappa shape index (κ1) is 13.6. The molecule has 4 unspecified atom stereocenters. The molecule has 3 rings (SSSR count). The first-order valence-electron chi connectivity index (χ1n) is 7.34. The second kappa shape index (κ2) is 5.54. The minimum Gasteiger partial charge on any atom is -0.375 e. The lowest BCUT2D eigenvalue weighted by molar-refractivity contribution is 0.0850. The van der Waals surface area contributed by atoms with Crippen LogP contribution < -0.4 is 5.32 Å². The first-order chi connectivity index (χ1) is 9.24. The van der Waals surface area contributed by atoms with Crippen molar-refractivity contribution in [3.05, 3.63) is 16.4 Å². The predicted molar refractivity (Wildman–Crippen MR) is 78.0 cm³/mol. The Kier molecular flexibility index (Phi) is 3.96. The quantitative estimate of drug-likeness (QED) is 0.903. The van der Waals surface area contributed by atoms with Gasteiger partial charge in [0, 0.05) is 12.5 Å². The molecule has 2 saturated heterocycles. The molecule has 5 heteroatoms. The van der Waals surface area contributed by atoms with E-state index in [-0.39, 0.29) is 0 Å². The van der Waals surface area contributed by atoms with Crippen LogP contribution in [0.2, 0.25) is 0 Å². The average molecular weight is 328 g/mol. The van der Waals surface area contributed by atoms with Crippen molar-refractivity contribution in [3.8, 4) is 0 Å². The highest BCUT2D eigenvalue weighted by atomic mass is 79.9. The molecule has 2 aliphatic rings. The molecule has 4 nitrogen and oxygen atoms in total. The van der Waals surface area contributed by atoms with Gasteiger partial charge in [-0.2, -0.15) is 5.10 Å². The molecule has 106 valence electrons. The molecule has 0 saturated carbocycles. The van der Waals surface area contributed by atoms with Gasteiger partial charge in [-0.15, -0.1) is 0 Å². The normalized spacial score (nSPS) is 31.0. The molecule has 4 atom stereocenters. The van der Waals surface area contributed by atoms with E-state index in [1.165, 1.54) is 25.0 Å². The van der Waals surface area contributed by atoms with Crippen molar-refractivity contribution in [1.29, 1.82) is 0 Å². The minimum absolute atomic E-state index is 0.345. The first-order valence-corrected chi connectivity index (χ1v) is 8.13. The molecule has 2 aliphatic heterocycles. The summed E-state index contributed by atoms with van der Waals surface area (Å²) in [5, 5.41) is 8.12. The fourth-order valence-corrected chi connectivity index (χ4v) is 4.17. The number of hydrogen-bond donors (Lipinski definition) is 1. The van der Waals surface area contributed by atoms with Crippen molar-refractivity contribution >= 4 is 15.9 Å². The van der Waals surface area contributed by atoms with E-state index in [2.05, 4.69) is 44.9 Å². The van der Waals surface area contributed by atoms with Crippen molar-refractivity contribution in [3.63, 3.8) is 0 Å². The summed E-state index contributed by atoms with van der Waals surface area (Å²) in [5.41, 5.74) is 1.28. The van der Waals surface area contributed by atoms with Crippen LogP contribution in [-0.4, -0.2) is 28.5 Å². The summed E-state index contributed by atoms with van der Waals surface area (Å²) in [6.07, 6.45) is 6.48. The van der Waals surface area contributed by atoms with Gasteiger partial charge in [-0.25, -0.2) is 0 Å². The number of aromatic nitrogens is 2. The third kappa shape index (κ3) is 2.36. The maximum atomic E-state index is 6.04. The Bertz CT molecular complexity index is 448. The molecule has 0 amide bonds. The fraction of sp³-hybridized carbons (Fsp3) is 0.786. The molecule has 1 aromatic rings. The number of fused-ring (bicyclic) bond motifs is 2. The number of aryl methyl sites for hydroxylation is 1. The predicted octanol–water partition coefficient (Wildman–Crippen LogP) is 2.88. The van der Waals surface area contributed by atoms with Crippen molar-refractivity contribution in [2.45, 2.75) is 57.9 Å². The maximum Gasteiger partial charge on any atom is 0.0699 e. The smallest absolute Gasteiger partial charge is 0.0699 e. The van der Waals surface area contributed by atoms with E-state index in [0.717, 1.165) is 17.6 Å². The van der Waals surface area contributed by atoms with Crippen molar-refractivity contribution in [2.24, 2.45) is 5.92 Å². The van der Waals surface area contributed by atoms with Gasteiger partial charge in [0.05, 0.1) is 34.6 Å². The van der Waals surface area contributed by atoms with Crippen LogP contribution >= 0.6 is 15.9 Å². The maximum absolute atomic E-state index is 6.04. The van der Waals surface area contributed by atoms with Gasteiger partial charge in [0.25, 0.3) is 0 Å². The zero-order chi connectivity index (χ0) is 13.4. The zero-order valence-corrected chi connectivity index (χ0v) is 13.2. The van der Waals surface area contributed by atoms with Gasteiger partial charge in [-0.05, 0) is 48.7 Å². The van der Waals surface area contributed by atoms with E-state index < -0.39 is 0 Å². The van der Waals surface area contributed by atoms with E-state index in [9.17, 15) is 0 Å². The monoisotopic (exact) mass is 327 g/mol. The van der Waals surface area contributed by atoms with E-state index >= 15 is 0 Å². The number of ether oxygens (including phenoxy) is 1. The Morgan fingerprint density at radius 3 is 2.95 bits per heavy atom. The Morgan fingerprint density at radius 2 is 2.37 bits per heavy atom. The van der Waals surface area contributed by atoms with Crippen molar-refractivity contribution in [2.75, 3.05) is 6.54 Å². The topological polar surface area (TPSA) is 39.1 Å². The SMILES string of the molecule is CCNC(c1c(Br)cnn1CC)C1CC2CCC1O2. The van der Waals surface area contributed by atoms with Crippen LogP contribution in [0.4, 0.5) is 0 Å². The molecular weight excluding hydrogens is 306 g/mol. The van der Waals surface area contributed by atoms with Gasteiger partial charge in [0.1, 0.15) is 0 Å². The number of halogens is 1. The Hall–Kier alpha value is -0.390. The summed E-state index contributed by atoms with van der Waals surface area (Å²) < 4.78 is 9.25. The molecular formula is C14H22BrN3O. The van der Waals surface area contributed by atoms with E-state index in [1.54, 1.807) is 0 Å². The highest BCUT2D eigenvalue weighted by molar-refractivity contribution is 9.10. The van der Waals surface area contributed by atoms with Gasteiger partial charge in [-0.3, -0.25) is 4.68 Å². The van der Waals surface area contributed by atoms with E-state index in [0.29, 0.717) is 24.2 Å². The third-order valence-electron chi connectivity index (χ3n) is 4.43. The summed E-state index contributed by atoms with van der Waals surface area (Å²) >= 11 is 3.66. The molecule has 19 heavy (non-hydrogen) atoms. The number of rotatable bonds is 5. The summed E-state index contributed by atoms with van der Waals surface area (Å²) in [7, 11) is 0. The standard InChI is InChI=1S/C14H22BrN3O/c1-3-16-13(10-7-9-5-6-12(10)19-9)14-11(15)8-17-18(14)4-2/h8-10,12-13,16H,3-7H2,1-2H3. The Labute approximate surface area is 123 Å². The van der Waals surface area contributed by atoms with Crippen molar-refractivity contribution < 1.29 is 4.74 Å². The highest BCUT2D eigenvalue weighted by Gasteiger charge is 2.45. The Morgan fingerprint density at radius 1 is 1.53 bits per heavy atom. The molecule has 2 bridgehead atoms. The lowest BCUT2D eigenvalue weighted by atomic mass is 9.82. The molecule has 1 aromatic heterocycles. The lowest BCUT2D eigenvalue weighted by Gasteiger charge is -2.30. The van der Waals surface area contributed by atoms with Crippen LogP contribution in [-0.2, 0) is 11.3 Å². The van der Waals surface area contributed by atoms with Crippen molar-refractivity contribution in [1.82, 2.24) is 15.1 Å². The second-order valence-corrected chi connectivity index (χ2v) is 6.36. The van der Waals surface area contributed by atoms with Gasteiger partial charge >= 0.3 is 0 Å². The lowest BCUT2D eigenvalue weighted by Crippen LogP contribution is -2.35. The van der Waals surface area contributed by atoms with Gasteiger partial charge in [-0.1, -0.05) is 6.92 Å². The molecule has 2 fully saturated rings. The second-order valence-electron chi connectivity index (χ2n) is 5.50. The van der Waals surface area contributed by atoms with Crippen LogP contribution in [0.15, 0.2) is 10.7 Å². The molecule has 0 aromatic carbocycles.